The molecule has 0 heterocycles. The highest BCUT2D eigenvalue weighted by Gasteiger charge is 2.61. The van der Waals surface area contributed by atoms with Crippen molar-refractivity contribution in [3.8, 4) is 33.4 Å². The minimum atomic E-state index is 0.0988. The van der Waals surface area contributed by atoms with Crippen LogP contribution in [-0.2, 0) is 10.8 Å². The van der Waals surface area contributed by atoms with Crippen LogP contribution in [0.25, 0.3) is 33.4 Å². The molecular weight excluding hydrogens is 651 g/mol. The second-order valence-corrected chi connectivity index (χ2v) is 18.0. The number of rotatable bonds is 4. The lowest BCUT2D eigenvalue weighted by Gasteiger charge is -2.55. The number of hydrogen-bond donors (Lipinski definition) is 0. The van der Waals surface area contributed by atoms with Gasteiger partial charge in [0.1, 0.15) is 0 Å². The van der Waals surface area contributed by atoms with Crippen LogP contribution in [0, 0.1) is 29.6 Å². The topological polar surface area (TPSA) is 3.24 Å². The van der Waals surface area contributed by atoms with Crippen LogP contribution in [0.1, 0.15) is 87.0 Å². The van der Waals surface area contributed by atoms with Gasteiger partial charge in [-0.1, -0.05) is 123 Å². The Morgan fingerprint density at radius 3 is 1.94 bits per heavy atom. The van der Waals surface area contributed by atoms with E-state index in [2.05, 4.69) is 151 Å². The predicted octanol–water partition coefficient (Wildman–Crippen LogP) is 14.0. The molecule has 266 valence electrons. The number of benzene rings is 6. The standard InChI is InChI=1S/C53H49N/c1-34-38-17-20-39-30-35(29-38)31-50(34)53(39)49-16-8-6-13-43(49)45-25-23-42(33-51(45)53)54(40-21-18-37(19-22-40)36-11-3-2-4-12-36)41-24-26-48-46(32-41)44-14-5-7-15-47(44)52(48)27-9-10-28-52/h2-8,11-16,18-19,21-26,32-35,38-39,50H,9-10,17,20,27-31H2,1H3/t34-,35?,38?,39?,50?,53?/m0/s1. The fourth-order valence-electron chi connectivity index (χ4n) is 13.8. The van der Waals surface area contributed by atoms with E-state index in [4.69, 9.17) is 0 Å². The van der Waals surface area contributed by atoms with Crippen LogP contribution in [0.4, 0.5) is 17.1 Å². The maximum atomic E-state index is 2.68. The molecule has 13 rings (SSSR count). The maximum absolute atomic E-state index is 2.68. The summed E-state index contributed by atoms with van der Waals surface area (Å²) in [5.41, 5.74) is 18.8. The van der Waals surface area contributed by atoms with Crippen molar-refractivity contribution in [2.75, 3.05) is 4.90 Å². The largest absolute Gasteiger partial charge is 0.310 e. The van der Waals surface area contributed by atoms with E-state index in [9.17, 15) is 0 Å². The molecule has 5 fully saturated rings. The van der Waals surface area contributed by atoms with E-state index in [0.29, 0.717) is 11.8 Å². The quantitative estimate of drug-likeness (QED) is 0.177. The lowest BCUT2D eigenvalue weighted by molar-refractivity contribution is 0.0174. The first-order chi connectivity index (χ1) is 26.6. The Bertz CT molecular complexity index is 2430. The zero-order chi connectivity index (χ0) is 35.6. The summed E-state index contributed by atoms with van der Waals surface area (Å²) in [4.78, 5) is 2.58. The van der Waals surface area contributed by atoms with Gasteiger partial charge in [0.15, 0.2) is 0 Å². The maximum Gasteiger partial charge on any atom is 0.0468 e. The van der Waals surface area contributed by atoms with E-state index in [1.165, 1.54) is 108 Å². The summed E-state index contributed by atoms with van der Waals surface area (Å²) in [5, 5.41) is 0. The van der Waals surface area contributed by atoms with E-state index in [-0.39, 0.29) is 10.8 Å². The van der Waals surface area contributed by atoms with Crippen LogP contribution < -0.4 is 4.90 Å². The number of fused-ring (bicyclic) bond motifs is 9. The van der Waals surface area contributed by atoms with E-state index in [0.717, 1.165) is 17.8 Å². The Morgan fingerprint density at radius 1 is 0.500 bits per heavy atom. The normalized spacial score (nSPS) is 27.5. The molecule has 6 aromatic carbocycles. The first kappa shape index (κ1) is 31.5. The average molecular weight is 700 g/mol. The average Bonchev–Trinajstić information content (AvgIpc) is 3.85. The zero-order valence-electron chi connectivity index (χ0n) is 31.5. The van der Waals surface area contributed by atoms with Gasteiger partial charge in [0.05, 0.1) is 0 Å². The van der Waals surface area contributed by atoms with E-state index in [1.54, 1.807) is 22.3 Å². The summed E-state index contributed by atoms with van der Waals surface area (Å²) in [5.74, 6) is 3.97. The highest BCUT2D eigenvalue weighted by atomic mass is 15.1. The lowest BCUT2D eigenvalue weighted by Crippen LogP contribution is -2.51. The molecule has 0 N–H and O–H groups in total. The fraction of sp³-hybridized carbons (Fsp3) is 0.321. The molecule has 5 unspecified atom stereocenters. The van der Waals surface area contributed by atoms with E-state index < -0.39 is 0 Å². The molecule has 0 radical (unpaired) electrons. The lowest BCUT2D eigenvalue weighted by atomic mass is 9.48. The Hall–Kier alpha value is -4.88. The molecule has 1 heteroatoms. The summed E-state index contributed by atoms with van der Waals surface area (Å²) in [6.07, 6.45) is 12.2. The smallest absolute Gasteiger partial charge is 0.0468 e. The van der Waals surface area contributed by atoms with Gasteiger partial charge >= 0.3 is 0 Å². The molecule has 0 aliphatic heterocycles. The van der Waals surface area contributed by atoms with Crippen molar-refractivity contribution in [1.82, 2.24) is 0 Å². The Labute approximate surface area is 321 Å². The minimum absolute atomic E-state index is 0.0988. The molecule has 2 spiro atoms. The van der Waals surface area contributed by atoms with Gasteiger partial charge < -0.3 is 4.90 Å². The number of nitrogens with zero attached hydrogens (tertiary/aromatic N) is 1. The SMILES string of the molecule is C[C@H]1C2CCC3CC(C2)CC1C31c2ccccc2-c2ccc(N(c3ccc(-c4ccccc4)cc3)c3ccc4c(c3)-c3ccccc3C43CCCC3)cc21. The van der Waals surface area contributed by atoms with Crippen LogP contribution in [0.2, 0.25) is 0 Å². The van der Waals surface area contributed by atoms with Crippen molar-refractivity contribution in [3.63, 3.8) is 0 Å². The van der Waals surface area contributed by atoms with Gasteiger partial charge in [-0.05, 0) is 167 Å². The Morgan fingerprint density at radius 2 is 1.13 bits per heavy atom. The van der Waals surface area contributed by atoms with Gasteiger partial charge in [-0.2, -0.15) is 0 Å². The number of anilines is 3. The first-order valence-corrected chi connectivity index (χ1v) is 21.1. The Balaban J connectivity index is 1.06. The summed E-state index contributed by atoms with van der Waals surface area (Å²) < 4.78 is 0. The predicted molar refractivity (Wildman–Crippen MR) is 224 cm³/mol. The van der Waals surface area contributed by atoms with Crippen molar-refractivity contribution in [2.45, 2.75) is 75.5 Å². The molecule has 6 aromatic rings. The first-order valence-electron chi connectivity index (χ1n) is 21.1. The van der Waals surface area contributed by atoms with Crippen molar-refractivity contribution in [1.29, 1.82) is 0 Å². The van der Waals surface area contributed by atoms with Crippen LogP contribution in [0.3, 0.4) is 0 Å². The third-order valence-corrected chi connectivity index (χ3v) is 15.9. The van der Waals surface area contributed by atoms with Gasteiger partial charge in [0.2, 0.25) is 0 Å². The third kappa shape index (κ3) is 4.17. The van der Waals surface area contributed by atoms with Crippen LogP contribution in [0.15, 0.2) is 140 Å². The second-order valence-electron chi connectivity index (χ2n) is 18.0. The summed E-state index contributed by atoms with van der Waals surface area (Å²) in [7, 11) is 0. The minimum Gasteiger partial charge on any atom is -0.310 e. The molecule has 6 atom stereocenters. The van der Waals surface area contributed by atoms with Gasteiger partial charge in [-0.25, -0.2) is 0 Å². The third-order valence-electron chi connectivity index (χ3n) is 15.9. The molecule has 0 aromatic heterocycles. The number of hydrogen-bond acceptors (Lipinski definition) is 1. The van der Waals surface area contributed by atoms with Crippen molar-refractivity contribution < 1.29 is 0 Å². The molecule has 54 heavy (non-hydrogen) atoms. The molecule has 7 aliphatic carbocycles. The van der Waals surface area contributed by atoms with Crippen LogP contribution in [-0.4, -0.2) is 0 Å². The van der Waals surface area contributed by atoms with Crippen molar-refractivity contribution in [3.05, 3.63) is 162 Å². The van der Waals surface area contributed by atoms with E-state index in [1.807, 2.05) is 0 Å². The summed E-state index contributed by atoms with van der Waals surface area (Å²) in [6.45, 7) is 2.63. The van der Waals surface area contributed by atoms with Gasteiger partial charge in [-0.15, -0.1) is 0 Å². The van der Waals surface area contributed by atoms with Crippen LogP contribution in [0.5, 0.6) is 0 Å². The highest BCUT2D eigenvalue weighted by molar-refractivity contribution is 5.90. The molecule has 0 amide bonds. The zero-order valence-corrected chi connectivity index (χ0v) is 31.5. The molecule has 7 aliphatic rings. The summed E-state index contributed by atoms with van der Waals surface area (Å²) in [6, 6.07) is 54.2. The Kier molecular flexibility index (Phi) is 6.74. The van der Waals surface area contributed by atoms with Gasteiger partial charge in [0.25, 0.3) is 0 Å². The molecule has 0 saturated heterocycles. The molecule has 4 bridgehead atoms. The van der Waals surface area contributed by atoms with E-state index >= 15 is 0 Å². The molecular formula is C53H49N. The van der Waals surface area contributed by atoms with Crippen molar-refractivity contribution in [2.24, 2.45) is 29.6 Å². The molecule has 5 saturated carbocycles. The van der Waals surface area contributed by atoms with Gasteiger partial charge in [-0.3, -0.25) is 0 Å². The second kappa shape index (κ2) is 11.6. The van der Waals surface area contributed by atoms with Crippen LogP contribution >= 0.6 is 0 Å². The van der Waals surface area contributed by atoms with Gasteiger partial charge in [0, 0.05) is 27.9 Å². The molecule has 1 nitrogen and oxygen atoms in total. The van der Waals surface area contributed by atoms with Crippen molar-refractivity contribution >= 4 is 17.1 Å². The summed E-state index contributed by atoms with van der Waals surface area (Å²) >= 11 is 0. The highest BCUT2D eigenvalue weighted by Crippen LogP contribution is 2.69. The fourth-order valence-corrected chi connectivity index (χ4v) is 13.8. The monoisotopic (exact) mass is 699 g/mol.